The van der Waals surface area contributed by atoms with E-state index in [0.29, 0.717) is 6.42 Å². The molecule has 0 aromatic heterocycles. The van der Waals surface area contributed by atoms with Crippen LogP contribution in [0, 0.1) is 5.41 Å². The quantitative estimate of drug-likeness (QED) is 0.831. The van der Waals surface area contributed by atoms with Gasteiger partial charge in [-0.25, -0.2) is 0 Å². The second-order valence-electron chi connectivity index (χ2n) is 8.96. The van der Waals surface area contributed by atoms with E-state index in [1.165, 1.54) is 5.56 Å². The molecule has 1 atom stereocenters. The normalized spacial score (nSPS) is 21.6. The van der Waals surface area contributed by atoms with Crippen LogP contribution in [0.2, 0.25) is 0 Å². The van der Waals surface area contributed by atoms with Gasteiger partial charge < -0.3 is 9.84 Å². The first-order valence-electron chi connectivity index (χ1n) is 7.91. The highest BCUT2D eigenvalue weighted by atomic mass is 16.5. The maximum atomic E-state index is 10.4. The third-order valence-electron chi connectivity index (χ3n) is 4.19. The standard InChI is InChI=1S/C19H30O2/c1-17(2,3)12-18(4,5)13-8-9-16-14(10-13)15(20)11-19(6,7)21-16/h8-10,15,20H,11-12H2,1-7H3. The van der Waals surface area contributed by atoms with Crippen LogP contribution in [0.4, 0.5) is 0 Å². The molecule has 2 nitrogen and oxygen atoms in total. The number of ether oxygens (including phenoxy) is 1. The summed E-state index contributed by atoms with van der Waals surface area (Å²) in [5, 5.41) is 10.4. The van der Waals surface area contributed by atoms with E-state index in [4.69, 9.17) is 4.74 Å². The highest BCUT2D eigenvalue weighted by molar-refractivity contribution is 5.43. The highest BCUT2D eigenvalue weighted by Gasteiger charge is 2.34. The Kier molecular flexibility index (Phi) is 3.90. The second kappa shape index (κ2) is 5.01. The van der Waals surface area contributed by atoms with Crippen LogP contribution in [0.1, 0.15) is 78.5 Å². The van der Waals surface area contributed by atoms with E-state index in [0.717, 1.165) is 17.7 Å². The predicted molar refractivity (Wildman–Crippen MR) is 87.8 cm³/mol. The maximum absolute atomic E-state index is 10.4. The summed E-state index contributed by atoms with van der Waals surface area (Å²) in [6.45, 7) is 15.4. The Morgan fingerprint density at radius 3 is 2.38 bits per heavy atom. The van der Waals surface area contributed by atoms with Crippen LogP contribution in [0.3, 0.4) is 0 Å². The molecule has 2 heteroatoms. The van der Waals surface area contributed by atoms with Crippen molar-refractivity contribution in [2.24, 2.45) is 5.41 Å². The molecule has 0 bridgehead atoms. The Morgan fingerprint density at radius 1 is 1.19 bits per heavy atom. The molecular formula is C19H30O2. The number of fused-ring (bicyclic) bond motifs is 1. The Labute approximate surface area is 129 Å². The molecule has 2 rings (SSSR count). The minimum absolute atomic E-state index is 0.0833. The lowest BCUT2D eigenvalue weighted by atomic mass is 9.71. The Morgan fingerprint density at radius 2 is 1.81 bits per heavy atom. The molecule has 1 heterocycles. The van der Waals surface area contributed by atoms with Gasteiger partial charge in [0.2, 0.25) is 0 Å². The van der Waals surface area contributed by atoms with Crippen LogP contribution in [0.15, 0.2) is 18.2 Å². The lowest BCUT2D eigenvalue weighted by Gasteiger charge is -2.37. The van der Waals surface area contributed by atoms with Gasteiger partial charge in [-0.1, -0.05) is 40.7 Å². The first kappa shape index (κ1) is 16.4. The molecule has 0 saturated carbocycles. The van der Waals surface area contributed by atoms with Gasteiger partial charge in [-0.2, -0.15) is 0 Å². The van der Waals surface area contributed by atoms with Gasteiger partial charge >= 0.3 is 0 Å². The minimum atomic E-state index is -0.436. The third kappa shape index (κ3) is 3.79. The van der Waals surface area contributed by atoms with E-state index < -0.39 is 6.10 Å². The molecule has 0 fully saturated rings. The summed E-state index contributed by atoms with van der Waals surface area (Å²) in [6.07, 6.45) is 1.30. The number of benzene rings is 1. The van der Waals surface area contributed by atoms with Gasteiger partial charge in [0.15, 0.2) is 0 Å². The number of aliphatic hydroxyl groups excluding tert-OH is 1. The van der Waals surface area contributed by atoms with E-state index >= 15 is 0 Å². The molecular weight excluding hydrogens is 260 g/mol. The molecule has 0 aliphatic carbocycles. The van der Waals surface area contributed by atoms with E-state index in [-0.39, 0.29) is 16.4 Å². The third-order valence-corrected chi connectivity index (χ3v) is 4.19. The SMILES string of the molecule is CC(C)(C)CC(C)(C)c1ccc2c(c1)C(O)CC(C)(C)O2. The molecule has 0 amide bonds. The molecule has 0 saturated heterocycles. The number of hydrogen-bond donors (Lipinski definition) is 1. The molecule has 1 aromatic rings. The zero-order chi connectivity index (χ0) is 16.1. The summed E-state index contributed by atoms with van der Waals surface area (Å²) in [5.41, 5.74) is 2.28. The van der Waals surface area contributed by atoms with E-state index in [1.807, 2.05) is 19.9 Å². The average Bonchev–Trinajstić information content (AvgIpc) is 2.23. The molecule has 1 aliphatic rings. The van der Waals surface area contributed by atoms with Crippen molar-refractivity contribution in [1.29, 1.82) is 0 Å². The van der Waals surface area contributed by atoms with Crippen LogP contribution in [-0.4, -0.2) is 10.7 Å². The average molecular weight is 290 g/mol. The molecule has 1 unspecified atom stereocenters. The van der Waals surface area contributed by atoms with Crippen molar-refractivity contribution in [3.05, 3.63) is 29.3 Å². The fourth-order valence-electron chi connectivity index (χ4n) is 3.67. The monoisotopic (exact) mass is 290 g/mol. The van der Waals surface area contributed by atoms with Gasteiger partial charge in [0, 0.05) is 12.0 Å². The summed E-state index contributed by atoms with van der Waals surface area (Å²) in [7, 11) is 0. The van der Waals surface area contributed by atoms with Crippen LogP contribution >= 0.6 is 0 Å². The van der Waals surface area contributed by atoms with Crippen molar-refractivity contribution in [3.8, 4) is 5.75 Å². The lowest BCUT2D eigenvalue weighted by molar-refractivity contribution is 0.0114. The molecule has 0 radical (unpaired) electrons. The number of hydrogen-bond acceptors (Lipinski definition) is 2. The number of rotatable bonds is 2. The molecule has 1 N–H and O–H groups in total. The van der Waals surface area contributed by atoms with Gasteiger partial charge in [-0.05, 0) is 48.8 Å². The molecule has 21 heavy (non-hydrogen) atoms. The van der Waals surface area contributed by atoms with Crippen molar-refractivity contribution in [3.63, 3.8) is 0 Å². The maximum Gasteiger partial charge on any atom is 0.125 e. The second-order valence-corrected chi connectivity index (χ2v) is 8.96. The van der Waals surface area contributed by atoms with Gasteiger partial charge in [-0.15, -0.1) is 0 Å². The van der Waals surface area contributed by atoms with Crippen molar-refractivity contribution in [2.75, 3.05) is 0 Å². The van der Waals surface area contributed by atoms with E-state index in [9.17, 15) is 5.11 Å². The summed E-state index contributed by atoms with van der Waals surface area (Å²) in [6, 6.07) is 6.32. The van der Waals surface area contributed by atoms with Crippen molar-refractivity contribution < 1.29 is 9.84 Å². The summed E-state index contributed by atoms with van der Waals surface area (Å²) >= 11 is 0. The van der Waals surface area contributed by atoms with E-state index in [1.54, 1.807) is 0 Å². The fourth-order valence-corrected chi connectivity index (χ4v) is 3.67. The zero-order valence-corrected chi connectivity index (χ0v) is 14.6. The Bertz CT molecular complexity index is 521. The van der Waals surface area contributed by atoms with Crippen molar-refractivity contribution in [2.45, 2.75) is 78.4 Å². The predicted octanol–water partition coefficient (Wildman–Crippen LogP) is 4.99. The fraction of sp³-hybridized carbons (Fsp3) is 0.684. The van der Waals surface area contributed by atoms with Crippen LogP contribution in [-0.2, 0) is 5.41 Å². The van der Waals surface area contributed by atoms with Crippen molar-refractivity contribution >= 4 is 0 Å². The van der Waals surface area contributed by atoms with Gasteiger partial charge in [0.25, 0.3) is 0 Å². The Balaban J connectivity index is 2.36. The topological polar surface area (TPSA) is 29.5 Å². The van der Waals surface area contributed by atoms with E-state index in [2.05, 4.69) is 46.8 Å². The summed E-state index contributed by atoms with van der Waals surface area (Å²) < 4.78 is 6.00. The zero-order valence-electron chi connectivity index (χ0n) is 14.6. The summed E-state index contributed by atoms with van der Waals surface area (Å²) in [4.78, 5) is 0. The van der Waals surface area contributed by atoms with Crippen LogP contribution in [0.5, 0.6) is 5.75 Å². The van der Waals surface area contributed by atoms with Gasteiger partial charge in [0.05, 0.1) is 6.10 Å². The molecule has 1 aromatic carbocycles. The molecule has 118 valence electrons. The van der Waals surface area contributed by atoms with Crippen LogP contribution < -0.4 is 4.74 Å². The number of aliphatic hydroxyl groups is 1. The molecule has 0 spiro atoms. The van der Waals surface area contributed by atoms with Crippen LogP contribution in [0.25, 0.3) is 0 Å². The summed E-state index contributed by atoms with van der Waals surface area (Å²) in [5.74, 6) is 0.828. The highest BCUT2D eigenvalue weighted by Crippen LogP contribution is 2.43. The minimum Gasteiger partial charge on any atom is -0.487 e. The van der Waals surface area contributed by atoms with Gasteiger partial charge in [0.1, 0.15) is 11.4 Å². The lowest BCUT2D eigenvalue weighted by Crippen LogP contribution is -2.35. The van der Waals surface area contributed by atoms with Gasteiger partial charge in [-0.3, -0.25) is 0 Å². The van der Waals surface area contributed by atoms with Crippen molar-refractivity contribution in [1.82, 2.24) is 0 Å². The molecule has 1 aliphatic heterocycles. The smallest absolute Gasteiger partial charge is 0.125 e. The Hall–Kier alpha value is -1.02. The first-order valence-corrected chi connectivity index (χ1v) is 7.91. The first-order chi connectivity index (χ1) is 9.40. The largest absolute Gasteiger partial charge is 0.487 e.